The lowest BCUT2D eigenvalue weighted by molar-refractivity contribution is 0.0938. The molecular formula is C15H18N4O2. The number of aryl methyl sites for hydroxylation is 1. The van der Waals surface area contributed by atoms with Gasteiger partial charge in [0, 0.05) is 18.2 Å². The van der Waals surface area contributed by atoms with Crippen molar-refractivity contribution >= 4 is 5.91 Å². The van der Waals surface area contributed by atoms with Gasteiger partial charge in [-0.25, -0.2) is 0 Å². The third-order valence-electron chi connectivity index (χ3n) is 3.75. The maximum Gasteiger partial charge on any atom is 0.251 e. The average molecular weight is 286 g/mol. The van der Waals surface area contributed by atoms with Crippen LogP contribution in [0.1, 0.15) is 34.5 Å². The van der Waals surface area contributed by atoms with Gasteiger partial charge in [0.1, 0.15) is 0 Å². The summed E-state index contributed by atoms with van der Waals surface area (Å²) >= 11 is 0. The number of nitrogens with zero attached hydrogens (tertiary/aromatic N) is 3. The first-order valence-corrected chi connectivity index (χ1v) is 7.00. The van der Waals surface area contributed by atoms with Crippen molar-refractivity contribution < 1.29 is 9.32 Å². The first-order valence-electron chi connectivity index (χ1n) is 7.00. The van der Waals surface area contributed by atoms with E-state index >= 15 is 0 Å². The number of likely N-dealkylation sites (N-methyl/N-ethyl adjacent to an activating group) is 1. The summed E-state index contributed by atoms with van der Waals surface area (Å²) in [7, 11) is 2.00. The Morgan fingerprint density at radius 2 is 2.14 bits per heavy atom. The maximum absolute atomic E-state index is 12.2. The van der Waals surface area contributed by atoms with Crippen LogP contribution in [-0.2, 0) is 0 Å². The van der Waals surface area contributed by atoms with Gasteiger partial charge >= 0.3 is 0 Å². The minimum absolute atomic E-state index is 0.0450. The Kier molecular flexibility index (Phi) is 3.70. The summed E-state index contributed by atoms with van der Waals surface area (Å²) < 4.78 is 5.24. The monoisotopic (exact) mass is 286 g/mol. The van der Waals surface area contributed by atoms with Crippen LogP contribution in [0.4, 0.5) is 0 Å². The number of aromatic nitrogens is 2. The molecular weight excluding hydrogens is 268 g/mol. The average Bonchev–Trinajstić information content (AvgIpc) is 3.06. The van der Waals surface area contributed by atoms with Gasteiger partial charge in [-0.15, -0.1) is 0 Å². The molecule has 1 fully saturated rings. The van der Waals surface area contributed by atoms with Crippen molar-refractivity contribution in [2.24, 2.45) is 0 Å². The molecule has 2 aromatic rings. The molecule has 1 amide bonds. The summed E-state index contributed by atoms with van der Waals surface area (Å²) in [6.07, 6.45) is 0.775. The highest BCUT2D eigenvalue weighted by Gasteiger charge is 2.35. The standard InChI is InChI=1S/C15H18N4O2/c1-10-16-15(21-18-10)13-8-12(9-19(13)2)17-14(20)11-6-4-3-5-7-11/h3-7,12-13H,8-9H2,1-2H3,(H,17,20)/t12-,13-/m0/s1. The molecule has 2 heterocycles. The first-order chi connectivity index (χ1) is 10.1. The fourth-order valence-corrected chi connectivity index (χ4v) is 2.70. The van der Waals surface area contributed by atoms with E-state index in [0.29, 0.717) is 17.3 Å². The van der Waals surface area contributed by atoms with E-state index in [0.717, 1.165) is 13.0 Å². The van der Waals surface area contributed by atoms with Crippen LogP contribution < -0.4 is 5.32 Å². The van der Waals surface area contributed by atoms with E-state index in [1.54, 1.807) is 6.92 Å². The fourth-order valence-electron chi connectivity index (χ4n) is 2.70. The number of rotatable bonds is 3. The number of carbonyl (C=O) groups is 1. The summed E-state index contributed by atoms with van der Waals surface area (Å²) in [5.74, 6) is 1.21. The van der Waals surface area contributed by atoms with Crippen LogP contribution in [0.3, 0.4) is 0 Å². The van der Waals surface area contributed by atoms with Crippen LogP contribution in [0.5, 0.6) is 0 Å². The Bertz CT molecular complexity index is 626. The minimum Gasteiger partial charge on any atom is -0.348 e. The van der Waals surface area contributed by atoms with E-state index in [1.165, 1.54) is 0 Å². The molecule has 1 aromatic carbocycles. The second-order valence-electron chi connectivity index (χ2n) is 5.41. The van der Waals surface area contributed by atoms with Crippen molar-refractivity contribution in [1.29, 1.82) is 0 Å². The highest BCUT2D eigenvalue weighted by Crippen LogP contribution is 2.29. The van der Waals surface area contributed by atoms with Gasteiger partial charge in [-0.1, -0.05) is 23.4 Å². The van der Waals surface area contributed by atoms with Crippen molar-refractivity contribution in [3.8, 4) is 0 Å². The lowest BCUT2D eigenvalue weighted by Gasteiger charge is -2.14. The van der Waals surface area contributed by atoms with Gasteiger partial charge in [0.25, 0.3) is 5.91 Å². The Morgan fingerprint density at radius 3 is 2.81 bits per heavy atom. The Hall–Kier alpha value is -2.21. The summed E-state index contributed by atoms with van der Waals surface area (Å²) in [6.45, 7) is 2.57. The topological polar surface area (TPSA) is 71.3 Å². The van der Waals surface area contributed by atoms with Crippen LogP contribution in [0.15, 0.2) is 34.9 Å². The Balaban J connectivity index is 1.65. The minimum atomic E-state index is -0.0450. The van der Waals surface area contributed by atoms with Gasteiger partial charge in [-0.2, -0.15) is 4.98 Å². The zero-order chi connectivity index (χ0) is 14.8. The van der Waals surface area contributed by atoms with Crippen molar-refractivity contribution in [3.63, 3.8) is 0 Å². The van der Waals surface area contributed by atoms with Gasteiger partial charge in [0.2, 0.25) is 5.89 Å². The van der Waals surface area contributed by atoms with Crippen molar-refractivity contribution in [1.82, 2.24) is 20.4 Å². The van der Waals surface area contributed by atoms with Gasteiger partial charge in [-0.05, 0) is 32.5 Å². The number of carbonyl (C=O) groups excluding carboxylic acids is 1. The largest absolute Gasteiger partial charge is 0.348 e. The van der Waals surface area contributed by atoms with Gasteiger partial charge < -0.3 is 9.84 Å². The molecule has 3 rings (SSSR count). The molecule has 0 unspecified atom stereocenters. The van der Waals surface area contributed by atoms with E-state index in [4.69, 9.17) is 4.52 Å². The number of likely N-dealkylation sites (tertiary alicyclic amines) is 1. The lowest BCUT2D eigenvalue weighted by atomic mass is 10.1. The molecule has 0 spiro atoms. The van der Waals surface area contributed by atoms with E-state index in [-0.39, 0.29) is 18.0 Å². The van der Waals surface area contributed by atoms with E-state index in [2.05, 4.69) is 20.4 Å². The third kappa shape index (κ3) is 2.95. The third-order valence-corrected chi connectivity index (χ3v) is 3.75. The van der Waals surface area contributed by atoms with Gasteiger partial charge in [0.05, 0.1) is 6.04 Å². The lowest BCUT2D eigenvalue weighted by Crippen LogP contribution is -2.36. The molecule has 0 aliphatic carbocycles. The van der Waals surface area contributed by atoms with Crippen molar-refractivity contribution in [2.75, 3.05) is 13.6 Å². The smallest absolute Gasteiger partial charge is 0.251 e. The molecule has 21 heavy (non-hydrogen) atoms. The van der Waals surface area contributed by atoms with Gasteiger partial charge in [-0.3, -0.25) is 9.69 Å². The highest BCUT2D eigenvalue weighted by atomic mass is 16.5. The molecule has 110 valence electrons. The summed E-state index contributed by atoms with van der Waals surface area (Å²) in [5.41, 5.74) is 0.678. The van der Waals surface area contributed by atoms with E-state index in [1.807, 2.05) is 37.4 Å². The Morgan fingerprint density at radius 1 is 1.38 bits per heavy atom. The zero-order valence-corrected chi connectivity index (χ0v) is 12.1. The predicted octanol–water partition coefficient (Wildman–Crippen LogP) is 1.55. The Labute approximate surface area is 123 Å². The van der Waals surface area contributed by atoms with Crippen LogP contribution in [0.25, 0.3) is 0 Å². The maximum atomic E-state index is 12.2. The normalized spacial score (nSPS) is 22.4. The second-order valence-corrected chi connectivity index (χ2v) is 5.41. The van der Waals surface area contributed by atoms with Crippen molar-refractivity contribution in [2.45, 2.75) is 25.4 Å². The summed E-state index contributed by atoms with van der Waals surface area (Å²) in [6, 6.07) is 9.39. The molecule has 1 N–H and O–H groups in total. The van der Waals surface area contributed by atoms with Crippen LogP contribution >= 0.6 is 0 Å². The van der Waals surface area contributed by atoms with Crippen LogP contribution in [0, 0.1) is 6.92 Å². The number of hydrogen-bond donors (Lipinski definition) is 1. The number of nitrogens with one attached hydrogen (secondary N) is 1. The van der Waals surface area contributed by atoms with E-state index < -0.39 is 0 Å². The predicted molar refractivity (Wildman–Crippen MR) is 76.7 cm³/mol. The molecule has 1 aromatic heterocycles. The number of hydrogen-bond acceptors (Lipinski definition) is 5. The van der Waals surface area contributed by atoms with E-state index in [9.17, 15) is 4.79 Å². The molecule has 6 nitrogen and oxygen atoms in total. The summed E-state index contributed by atoms with van der Waals surface area (Å²) in [4.78, 5) is 18.6. The molecule has 0 radical (unpaired) electrons. The number of benzene rings is 1. The first kappa shape index (κ1) is 13.8. The molecule has 2 atom stereocenters. The second kappa shape index (κ2) is 5.65. The van der Waals surface area contributed by atoms with Gasteiger partial charge in [0.15, 0.2) is 5.82 Å². The highest BCUT2D eigenvalue weighted by molar-refractivity contribution is 5.94. The summed E-state index contributed by atoms with van der Waals surface area (Å²) in [5, 5.41) is 6.89. The zero-order valence-electron chi connectivity index (χ0n) is 12.1. The number of amides is 1. The fraction of sp³-hybridized carbons (Fsp3) is 0.400. The molecule has 1 saturated heterocycles. The van der Waals surface area contributed by atoms with Crippen LogP contribution in [-0.4, -0.2) is 40.6 Å². The molecule has 1 aliphatic rings. The molecule has 0 saturated carbocycles. The SMILES string of the molecule is Cc1noc([C@@H]2C[C@H](NC(=O)c3ccccc3)CN2C)n1. The molecule has 6 heteroatoms. The quantitative estimate of drug-likeness (QED) is 0.927. The molecule has 1 aliphatic heterocycles. The van der Waals surface area contributed by atoms with Crippen LogP contribution in [0.2, 0.25) is 0 Å². The van der Waals surface area contributed by atoms with Crippen molar-refractivity contribution in [3.05, 3.63) is 47.6 Å². The molecule has 0 bridgehead atoms.